The number of carboxylic acid groups (broad SMARTS) is 1. The van der Waals surface area contributed by atoms with Gasteiger partial charge in [0.15, 0.2) is 0 Å². The lowest BCUT2D eigenvalue weighted by molar-refractivity contribution is -0.139. The van der Waals surface area contributed by atoms with E-state index < -0.39 is 5.97 Å². The highest BCUT2D eigenvalue weighted by Crippen LogP contribution is 2.40. The van der Waals surface area contributed by atoms with E-state index in [1.54, 1.807) is 17.0 Å². The van der Waals surface area contributed by atoms with Gasteiger partial charge in [0.05, 0.1) is 13.1 Å². The molecule has 6 heteroatoms. The predicted molar refractivity (Wildman–Crippen MR) is 93.9 cm³/mol. The van der Waals surface area contributed by atoms with Crippen LogP contribution in [0.5, 0.6) is 0 Å². The molecule has 0 bridgehead atoms. The van der Waals surface area contributed by atoms with Crippen LogP contribution in [0.4, 0.5) is 4.39 Å². The van der Waals surface area contributed by atoms with Gasteiger partial charge in [0.2, 0.25) is 5.91 Å². The molecule has 0 saturated heterocycles. The Bertz CT molecular complexity index is 595. The molecule has 0 unspecified atom stereocenters. The van der Waals surface area contributed by atoms with Crippen LogP contribution in [0, 0.1) is 5.82 Å². The molecule has 1 aromatic rings. The second-order valence-corrected chi connectivity index (χ2v) is 7.16. The van der Waals surface area contributed by atoms with Gasteiger partial charge >= 0.3 is 5.97 Å². The molecule has 138 valence electrons. The fraction of sp³-hybridized carbons (Fsp3) is 0.579. The lowest BCUT2D eigenvalue weighted by Crippen LogP contribution is -2.46. The molecule has 5 nitrogen and oxygen atoms in total. The summed E-state index contributed by atoms with van der Waals surface area (Å²) in [7, 11) is 0. The van der Waals surface area contributed by atoms with Crippen LogP contribution in [-0.4, -0.2) is 47.6 Å². The second kappa shape index (κ2) is 8.43. The largest absolute Gasteiger partial charge is 0.480 e. The zero-order valence-corrected chi connectivity index (χ0v) is 14.9. The first-order chi connectivity index (χ1) is 11.8. The van der Waals surface area contributed by atoms with E-state index in [9.17, 15) is 14.0 Å². The molecule has 1 aliphatic rings. The number of amides is 1. The first-order valence-electron chi connectivity index (χ1n) is 8.81. The van der Waals surface area contributed by atoms with Crippen LogP contribution in [0.1, 0.15) is 45.1 Å². The highest BCUT2D eigenvalue weighted by Gasteiger charge is 2.36. The van der Waals surface area contributed by atoms with E-state index in [2.05, 4.69) is 5.32 Å². The average molecular weight is 350 g/mol. The number of benzene rings is 1. The Morgan fingerprint density at radius 2 is 1.80 bits per heavy atom. The number of carbonyl (C=O) groups excluding carboxylic acids is 1. The molecule has 0 aromatic heterocycles. The van der Waals surface area contributed by atoms with Crippen molar-refractivity contribution in [3.05, 3.63) is 35.6 Å². The van der Waals surface area contributed by atoms with E-state index >= 15 is 0 Å². The number of carbonyl (C=O) groups is 2. The second-order valence-electron chi connectivity index (χ2n) is 7.16. The van der Waals surface area contributed by atoms with Gasteiger partial charge in [-0.15, -0.1) is 0 Å². The Balaban J connectivity index is 2.00. The third-order valence-corrected chi connectivity index (χ3v) is 5.06. The Hall–Kier alpha value is -1.95. The Morgan fingerprint density at radius 1 is 1.20 bits per heavy atom. The number of nitrogens with one attached hydrogen (secondary N) is 1. The number of hydrogen-bond acceptors (Lipinski definition) is 3. The number of halogens is 1. The highest BCUT2D eigenvalue weighted by atomic mass is 19.1. The molecular weight excluding hydrogens is 323 g/mol. The molecule has 1 aliphatic carbocycles. The molecule has 25 heavy (non-hydrogen) atoms. The van der Waals surface area contributed by atoms with Gasteiger partial charge in [-0.25, -0.2) is 4.39 Å². The molecular formula is C19H27FN2O3. The summed E-state index contributed by atoms with van der Waals surface area (Å²) in [6.07, 6.45) is 4.10. The summed E-state index contributed by atoms with van der Waals surface area (Å²) in [5, 5.41) is 11.9. The van der Waals surface area contributed by atoms with Gasteiger partial charge in [0.25, 0.3) is 0 Å². The molecule has 0 spiro atoms. The van der Waals surface area contributed by atoms with Crippen molar-refractivity contribution in [3.8, 4) is 0 Å². The van der Waals surface area contributed by atoms with E-state index in [1.807, 2.05) is 13.8 Å². The molecule has 1 saturated carbocycles. The number of carboxylic acids is 1. The lowest BCUT2D eigenvalue weighted by atomic mass is 9.79. The van der Waals surface area contributed by atoms with Crippen molar-refractivity contribution < 1.29 is 19.1 Å². The van der Waals surface area contributed by atoms with Crippen molar-refractivity contribution in [2.45, 2.75) is 51.0 Å². The summed E-state index contributed by atoms with van der Waals surface area (Å²) >= 11 is 0. The molecule has 2 rings (SSSR count). The Kier molecular flexibility index (Phi) is 6.53. The van der Waals surface area contributed by atoms with Crippen LogP contribution in [0.25, 0.3) is 0 Å². The summed E-state index contributed by atoms with van der Waals surface area (Å²) < 4.78 is 13.2. The van der Waals surface area contributed by atoms with Crippen LogP contribution in [0.15, 0.2) is 24.3 Å². The fourth-order valence-corrected chi connectivity index (χ4v) is 3.53. The third kappa shape index (κ3) is 5.26. The minimum absolute atomic E-state index is 0.0283. The highest BCUT2D eigenvalue weighted by molar-refractivity contribution is 5.79. The summed E-state index contributed by atoms with van der Waals surface area (Å²) in [4.78, 5) is 24.9. The quantitative estimate of drug-likeness (QED) is 0.756. The van der Waals surface area contributed by atoms with Gasteiger partial charge in [0.1, 0.15) is 5.82 Å². The van der Waals surface area contributed by atoms with Crippen molar-refractivity contribution in [1.29, 1.82) is 0 Å². The molecule has 2 N–H and O–H groups in total. The maximum atomic E-state index is 13.2. The van der Waals surface area contributed by atoms with Gasteiger partial charge < -0.3 is 10.4 Å². The van der Waals surface area contributed by atoms with Gasteiger partial charge in [-0.3, -0.25) is 14.5 Å². The zero-order chi connectivity index (χ0) is 18.4. The molecule has 0 aliphatic heterocycles. The normalized spacial score (nSPS) is 16.4. The van der Waals surface area contributed by atoms with Gasteiger partial charge in [-0.1, -0.05) is 25.0 Å². The SMILES string of the molecule is CC(C)N(CC(=O)O)CC(=O)NCC1(c2ccc(F)cc2)CCCC1. The van der Waals surface area contributed by atoms with Crippen molar-refractivity contribution in [2.24, 2.45) is 0 Å². The number of rotatable bonds is 8. The molecule has 1 aromatic carbocycles. The standard InChI is InChI=1S/C19H27FN2O3/c1-14(2)22(12-18(24)25)11-17(23)21-13-19(9-3-4-10-19)15-5-7-16(20)8-6-15/h5-8,14H,3-4,9-13H2,1-2H3,(H,21,23)(H,24,25). The topological polar surface area (TPSA) is 69.6 Å². The lowest BCUT2D eigenvalue weighted by Gasteiger charge is -2.31. The number of nitrogens with zero attached hydrogens (tertiary/aromatic N) is 1. The monoisotopic (exact) mass is 350 g/mol. The van der Waals surface area contributed by atoms with Crippen LogP contribution >= 0.6 is 0 Å². The predicted octanol–water partition coefficient (Wildman–Crippen LogP) is 2.55. The Morgan fingerprint density at radius 3 is 2.32 bits per heavy atom. The fourth-order valence-electron chi connectivity index (χ4n) is 3.53. The zero-order valence-electron chi connectivity index (χ0n) is 14.9. The Labute approximate surface area is 148 Å². The smallest absolute Gasteiger partial charge is 0.317 e. The maximum absolute atomic E-state index is 13.2. The minimum Gasteiger partial charge on any atom is -0.480 e. The van der Waals surface area contributed by atoms with Gasteiger partial charge in [-0.2, -0.15) is 0 Å². The third-order valence-electron chi connectivity index (χ3n) is 5.06. The molecule has 0 atom stereocenters. The van der Waals surface area contributed by atoms with Gasteiger partial charge in [0, 0.05) is 18.0 Å². The van der Waals surface area contributed by atoms with Crippen molar-refractivity contribution in [2.75, 3.05) is 19.6 Å². The van der Waals surface area contributed by atoms with E-state index in [0.717, 1.165) is 31.2 Å². The van der Waals surface area contributed by atoms with E-state index in [1.165, 1.54) is 12.1 Å². The molecule has 1 amide bonds. The van der Waals surface area contributed by atoms with Crippen LogP contribution in [0.2, 0.25) is 0 Å². The van der Waals surface area contributed by atoms with Gasteiger partial charge in [-0.05, 0) is 44.4 Å². The molecule has 0 heterocycles. The first kappa shape index (κ1) is 19.4. The van der Waals surface area contributed by atoms with Crippen molar-refractivity contribution >= 4 is 11.9 Å². The summed E-state index contributed by atoms with van der Waals surface area (Å²) in [6.45, 7) is 4.13. The van der Waals surface area contributed by atoms with Crippen LogP contribution < -0.4 is 5.32 Å². The summed E-state index contributed by atoms with van der Waals surface area (Å²) in [5.41, 5.74) is 0.900. The molecule has 1 fully saturated rings. The first-order valence-corrected chi connectivity index (χ1v) is 8.81. The number of hydrogen-bond donors (Lipinski definition) is 2. The average Bonchev–Trinajstić information content (AvgIpc) is 3.02. The van der Waals surface area contributed by atoms with E-state index in [-0.39, 0.29) is 36.3 Å². The minimum atomic E-state index is -0.944. The van der Waals surface area contributed by atoms with E-state index in [4.69, 9.17) is 5.11 Å². The van der Waals surface area contributed by atoms with Crippen molar-refractivity contribution in [1.82, 2.24) is 10.2 Å². The summed E-state index contributed by atoms with van der Waals surface area (Å²) in [5.74, 6) is -1.38. The summed E-state index contributed by atoms with van der Waals surface area (Å²) in [6, 6.07) is 6.50. The van der Waals surface area contributed by atoms with Crippen LogP contribution in [-0.2, 0) is 15.0 Å². The molecule has 0 radical (unpaired) electrons. The number of aliphatic carboxylic acids is 1. The maximum Gasteiger partial charge on any atom is 0.317 e. The van der Waals surface area contributed by atoms with Crippen LogP contribution in [0.3, 0.4) is 0 Å². The van der Waals surface area contributed by atoms with E-state index in [0.29, 0.717) is 6.54 Å². The van der Waals surface area contributed by atoms with Crippen molar-refractivity contribution in [3.63, 3.8) is 0 Å².